The van der Waals surface area contributed by atoms with Gasteiger partial charge < -0.3 is 0 Å². The van der Waals surface area contributed by atoms with Crippen LogP contribution in [0.3, 0.4) is 0 Å². The Labute approximate surface area is 101 Å². The van der Waals surface area contributed by atoms with Crippen LogP contribution in [0.4, 0.5) is 5.69 Å². The molecule has 0 amide bonds. The molecule has 0 heterocycles. The van der Waals surface area contributed by atoms with Crippen LogP contribution in [-0.4, -0.2) is 11.1 Å². The van der Waals surface area contributed by atoms with Gasteiger partial charge in [-0.15, -0.1) is 0 Å². The van der Waals surface area contributed by atoms with Gasteiger partial charge in [0.1, 0.15) is 0 Å². The third-order valence-electron chi connectivity index (χ3n) is 2.35. The average molecular weight is 232 g/mol. The Morgan fingerprint density at radius 3 is 2.71 bits per heavy atom. The zero-order valence-corrected chi connectivity index (χ0v) is 10.3. The highest BCUT2D eigenvalue weighted by atomic mass is 16.6. The number of aryl methyl sites for hydroxylation is 1. The van der Waals surface area contributed by atoms with Gasteiger partial charge in [-0.25, -0.2) is 0 Å². The van der Waals surface area contributed by atoms with Crippen LogP contribution in [0.5, 0.6) is 0 Å². The molecule has 0 aliphatic rings. The van der Waals surface area contributed by atoms with Crippen molar-refractivity contribution >= 4 is 17.6 Å². The number of hydrogen-bond acceptors (Lipinski definition) is 3. The van der Waals surface area contributed by atoms with Crippen LogP contribution in [0.25, 0.3) is 5.70 Å². The SMILES string of the molecule is CC=N/C(=C\CC)c1ccc([N+](=O)[O-])c(C)c1. The van der Waals surface area contributed by atoms with Crippen molar-refractivity contribution in [2.24, 2.45) is 4.99 Å². The lowest BCUT2D eigenvalue weighted by Crippen LogP contribution is -1.93. The fourth-order valence-corrected chi connectivity index (χ4v) is 1.60. The Morgan fingerprint density at radius 2 is 2.24 bits per heavy atom. The van der Waals surface area contributed by atoms with E-state index in [9.17, 15) is 10.1 Å². The first-order valence-electron chi connectivity index (χ1n) is 5.54. The van der Waals surface area contributed by atoms with E-state index < -0.39 is 0 Å². The van der Waals surface area contributed by atoms with Gasteiger partial charge in [0.05, 0.1) is 10.6 Å². The predicted molar refractivity (Wildman–Crippen MR) is 70.3 cm³/mol. The summed E-state index contributed by atoms with van der Waals surface area (Å²) in [5.74, 6) is 0. The number of aliphatic imine (C=N–C) groups is 1. The van der Waals surface area contributed by atoms with E-state index in [1.165, 1.54) is 6.07 Å². The van der Waals surface area contributed by atoms with Crippen LogP contribution in [0.15, 0.2) is 29.3 Å². The molecule has 0 saturated carbocycles. The molecule has 1 aromatic carbocycles. The first-order chi connectivity index (χ1) is 8.10. The minimum atomic E-state index is -0.370. The van der Waals surface area contributed by atoms with Crippen LogP contribution in [0.2, 0.25) is 0 Å². The van der Waals surface area contributed by atoms with Crippen molar-refractivity contribution < 1.29 is 4.92 Å². The molecule has 4 nitrogen and oxygen atoms in total. The number of benzene rings is 1. The maximum atomic E-state index is 10.7. The second-order valence-electron chi connectivity index (χ2n) is 3.64. The highest BCUT2D eigenvalue weighted by Crippen LogP contribution is 2.24. The maximum Gasteiger partial charge on any atom is 0.272 e. The summed E-state index contributed by atoms with van der Waals surface area (Å²) in [6.07, 6.45) is 4.60. The number of rotatable bonds is 4. The van der Waals surface area contributed by atoms with Crippen molar-refractivity contribution in [3.8, 4) is 0 Å². The molecule has 90 valence electrons. The van der Waals surface area contributed by atoms with Crippen LogP contribution in [-0.2, 0) is 0 Å². The molecule has 1 rings (SSSR count). The van der Waals surface area contributed by atoms with E-state index in [4.69, 9.17) is 0 Å². The summed E-state index contributed by atoms with van der Waals surface area (Å²) in [4.78, 5) is 14.6. The lowest BCUT2D eigenvalue weighted by Gasteiger charge is -2.04. The Hall–Kier alpha value is -1.97. The highest BCUT2D eigenvalue weighted by Gasteiger charge is 2.11. The second-order valence-corrected chi connectivity index (χ2v) is 3.64. The molecule has 0 spiro atoms. The average Bonchev–Trinajstić information content (AvgIpc) is 2.28. The van der Waals surface area contributed by atoms with Crippen LogP contribution >= 0.6 is 0 Å². The van der Waals surface area contributed by atoms with Gasteiger partial charge in [-0.05, 0) is 32.4 Å². The molecule has 0 bridgehead atoms. The first kappa shape index (κ1) is 13.1. The molecule has 0 aliphatic heterocycles. The van der Waals surface area contributed by atoms with Gasteiger partial charge in [-0.1, -0.05) is 13.0 Å². The molecule has 0 radical (unpaired) electrons. The maximum absolute atomic E-state index is 10.7. The molecule has 0 N–H and O–H groups in total. The number of nitrogens with zero attached hydrogens (tertiary/aromatic N) is 2. The van der Waals surface area contributed by atoms with Gasteiger partial charge in [0.15, 0.2) is 0 Å². The van der Waals surface area contributed by atoms with E-state index in [1.807, 2.05) is 19.9 Å². The standard InChI is InChI=1S/C13H16N2O2/c1-4-6-12(14-5-2)11-7-8-13(15(16)17)10(3)9-11/h5-9H,4H2,1-3H3/b12-6-,14-5?. The lowest BCUT2D eigenvalue weighted by atomic mass is 10.1. The van der Waals surface area contributed by atoms with E-state index in [0.717, 1.165) is 17.7 Å². The van der Waals surface area contributed by atoms with Gasteiger partial charge in [0.25, 0.3) is 5.69 Å². The number of allylic oxidation sites excluding steroid dienone is 1. The Balaban J connectivity index is 3.20. The molecule has 0 fully saturated rings. The Morgan fingerprint density at radius 1 is 1.53 bits per heavy atom. The topological polar surface area (TPSA) is 55.5 Å². The molecule has 17 heavy (non-hydrogen) atoms. The van der Waals surface area contributed by atoms with Gasteiger partial charge in [0.2, 0.25) is 0 Å². The minimum absolute atomic E-state index is 0.144. The van der Waals surface area contributed by atoms with Crippen molar-refractivity contribution in [1.29, 1.82) is 0 Å². The minimum Gasteiger partial charge on any atom is -0.261 e. The van der Waals surface area contributed by atoms with Crippen LogP contribution in [0.1, 0.15) is 31.4 Å². The molecule has 0 saturated heterocycles. The summed E-state index contributed by atoms with van der Waals surface area (Å²) in [6, 6.07) is 5.06. The molecule has 1 aromatic rings. The van der Waals surface area contributed by atoms with Gasteiger partial charge in [-0.3, -0.25) is 15.1 Å². The van der Waals surface area contributed by atoms with Gasteiger partial charge >= 0.3 is 0 Å². The second kappa shape index (κ2) is 5.94. The van der Waals surface area contributed by atoms with Crippen molar-refractivity contribution in [3.05, 3.63) is 45.5 Å². The Kier molecular flexibility index (Phi) is 4.57. The van der Waals surface area contributed by atoms with Crippen molar-refractivity contribution in [3.63, 3.8) is 0 Å². The Bertz CT molecular complexity index is 476. The number of hydrogen-bond donors (Lipinski definition) is 0. The monoisotopic (exact) mass is 232 g/mol. The highest BCUT2D eigenvalue weighted by molar-refractivity contribution is 5.73. The smallest absolute Gasteiger partial charge is 0.261 e. The van der Waals surface area contributed by atoms with Gasteiger partial charge in [-0.2, -0.15) is 0 Å². The fraction of sp³-hybridized carbons (Fsp3) is 0.308. The lowest BCUT2D eigenvalue weighted by molar-refractivity contribution is -0.385. The van der Waals surface area contributed by atoms with E-state index in [-0.39, 0.29) is 10.6 Å². The van der Waals surface area contributed by atoms with Crippen LogP contribution < -0.4 is 0 Å². The zero-order valence-electron chi connectivity index (χ0n) is 10.3. The first-order valence-corrected chi connectivity index (χ1v) is 5.54. The summed E-state index contributed by atoms with van der Waals surface area (Å²) in [6.45, 7) is 5.62. The third kappa shape index (κ3) is 3.24. The summed E-state index contributed by atoms with van der Waals surface area (Å²) < 4.78 is 0. The van der Waals surface area contributed by atoms with E-state index in [1.54, 1.807) is 25.3 Å². The van der Waals surface area contributed by atoms with Crippen molar-refractivity contribution in [1.82, 2.24) is 0 Å². The quantitative estimate of drug-likeness (QED) is 0.451. The molecule has 4 heteroatoms. The van der Waals surface area contributed by atoms with E-state index in [0.29, 0.717) is 5.56 Å². The number of nitro groups is 1. The fourth-order valence-electron chi connectivity index (χ4n) is 1.60. The third-order valence-corrected chi connectivity index (χ3v) is 2.35. The molecule has 0 aromatic heterocycles. The molecular weight excluding hydrogens is 216 g/mol. The summed E-state index contributed by atoms with van der Waals surface area (Å²) in [7, 11) is 0. The molecule has 0 atom stereocenters. The predicted octanol–water partition coefficient (Wildman–Crippen LogP) is 3.74. The summed E-state index contributed by atoms with van der Waals surface area (Å²) >= 11 is 0. The molecular formula is C13H16N2O2. The molecule has 0 unspecified atom stereocenters. The van der Waals surface area contributed by atoms with Crippen molar-refractivity contribution in [2.75, 3.05) is 0 Å². The number of nitro benzene ring substituents is 1. The van der Waals surface area contributed by atoms with Crippen molar-refractivity contribution in [2.45, 2.75) is 27.2 Å². The zero-order chi connectivity index (χ0) is 12.8. The summed E-state index contributed by atoms with van der Waals surface area (Å²) in [5.41, 5.74) is 2.56. The summed E-state index contributed by atoms with van der Waals surface area (Å²) in [5, 5.41) is 10.7. The van der Waals surface area contributed by atoms with Gasteiger partial charge in [0, 0.05) is 23.4 Å². The van der Waals surface area contributed by atoms with E-state index in [2.05, 4.69) is 4.99 Å². The normalized spacial score (nSPS) is 12.1. The molecule has 0 aliphatic carbocycles. The van der Waals surface area contributed by atoms with Crippen LogP contribution in [0, 0.1) is 17.0 Å². The largest absolute Gasteiger partial charge is 0.272 e. The van der Waals surface area contributed by atoms with E-state index >= 15 is 0 Å².